The van der Waals surface area contributed by atoms with E-state index in [2.05, 4.69) is 31.3 Å². The van der Waals surface area contributed by atoms with Gasteiger partial charge in [-0.05, 0) is 42.0 Å². The molecule has 2 aromatic carbocycles. The number of hydrogen-bond donors (Lipinski definition) is 1. The lowest BCUT2D eigenvalue weighted by molar-refractivity contribution is 1.19. The van der Waals surface area contributed by atoms with Crippen molar-refractivity contribution in [3.63, 3.8) is 0 Å². The van der Waals surface area contributed by atoms with Crippen LogP contribution in [-0.2, 0) is 0 Å². The van der Waals surface area contributed by atoms with Crippen LogP contribution in [0.2, 0.25) is 5.02 Å². The summed E-state index contributed by atoms with van der Waals surface area (Å²) < 4.78 is 0. The van der Waals surface area contributed by atoms with E-state index >= 15 is 0 Å². The van der Waals surface area contributed by atoms with Crippen LogP contribution in [0.4, 0.5) is 11.5 Å². The summed E-state index contributed by atoms with van der Waals surface area (Å²) in [5, 5.41) is 6.03. The average Bonchev–Trinajstić information content (AvgIpc) is 2.79. The Balaban J connectivity index is 1.48. The van der Waals surface area contributed by atoms with Crippen LogP contribution in [0.3, 0.4) is 0 Å². The van der Waals surface area contributed by atoms with Gasteiger partial charge in [0.25, 0.3) is 0 Å². The molecule has 0 aliphatic rings. The van der Waals surface area contributed by atoms with Crippen LogP contribution in [0.25, 0.3) is 34.0 Å². The van der Waals surface area contributed by atoms with E-state index in [0.29, 0.717) is 10.8 Å². The SMILES string of the molecule is Clc1ccc(/C=C/c2cc3c(Nc4cnc5ccccc5c4)ncnc3cn2)cc1. The summed E-state index contributed by atoms with van der Waals surface area (Å²) >= 11 is 5.95. The topological polar surface area (TPSA) is 63.6 Å². The highest BCUT2D eigenvalue weighted by atomic mass is 35.5. The van der Waals surface area contributed by atoms with E-state index in [1.165, 1.54) is 6.33 Å². The maximum atomic E-state index is 5.95. The van der Waals surface area contributed by atoms with Gasteiger partial charge in [0.2, 0.25) is 0 Å². The average molecular weight is 410 g/mol. The molecule has 0 atom stereocenters. The monoisotopic (exact) mass is 409 g/mol. The summed E-state index contributed by atoms with van der Waals surface area (Å²) in [7, 11) is 0. The number of halogens is 1. The van der Waals surface area contributed by atoms with Crippen molar-refractivity contribution in [2.75, 3.05) is 5.32 Å². The van der Waals surface area contributed by atoms with Crippen LogP contribution >= 0.6 is 11.6 Å². The molecule has 0 saturated heterocycles. The number of nitrogens with one attached hydrogen (secondary N) is 1. The van der Waals surface area contributed by atoms with E-state index in [9.17, 15) is 0 Å². The summed E-state index contributed by atoms with van der Waals surface area (Å²) in [6, 6.07) is 19.7. The van der Waals surface area contributed by atoms with Crippen molar-refractivity contribution in [2.45, 2.75) is 0 Å². The smallest absolute Gasteiger partial charge is 0.141 e. The van der Waals surface area contributed by atoms with Gasteiger partial charge >= 0.3 is 0 Å². The molecular weight excluding hydrogens is 394 g/mol. The predicted octanol–water partition coefficient (Wildman–Crippen LogP) is 6.14. The summed E-state index contributed by atoms with van der Waals surface area (Å²) in [5.74, 6) is 0.709. The van der Waals surface area contributed by atoms with Crippen molar-refractivity contribution < 1.29 is 0 Å². The summed E-state index contributed by atoms with van der Waals surface area (Å²) in [4.78, 5) is 17.8. The van der Waals surface area contributed by atoms with Crippen molar-refractivity contribution >= 4 is 57.1 Å². The van der Waals surface area contributed by atoms with Gasteiger partial charge in [0.15, 0.2) is 0 Å². The van der Waals surface area contributed by atoms with Gasteiger partial charge in [0, 0.05) is 15.8 Å². The molecule has 0 aliphatic carbocycles. The second-order valence-electron chi connectivity index (χ2n) is 6.78. The van der Waals surface area contributed by atoms with Crippen LogP contribution in [0, 0.1) is 0 Å². The highest BCUT2D eigenvalue weighted by Crippen LogP contribution is 2.25. The Bertz CT molecular complexity index is 1380. The lowest BCUT2D eigenvalue weighted by atomic mass is 10.1. The van der Waals surface area contributed by atoms with Crippen LogP contribution < -0.4 is 5.32 Å². The number of para-hydroxylation sites is 1. The Hall–Kier alpha value is -3.83. The number of nitrogens with zero attached hydrogens (tertiary/aromatic N) is 4. The lowest BCUT2D eigenvalue weighted by Gasteiger charge is -2.09. The summed E-state index contributed by atoms with van der Waals surface area (Å²) in [6.45, 7) is 0. The van der Waals surface area contributed by atoms with Crippen LogP contribution in [0.5, 0.6) is 0 Å². The van der Waals surface area contributed by atoms with Crippen LogP contribution in [0.1, 0.15) is 11.3 Å². The first kappa shape index (κ1) is 18.2. The predicted molar refractivity (Wildman–Crippen MR) is 123 cm³/mol. The van der Waals surface area contributed by atoms with Gasteiger partial charge in [0.1, 0.15) is 12.1 Å². The third-order valence-electron chi connectivity index (χ3n) is 4.71. The maximum Gasteiger partial charge on any atom is 0.141 e. The van der Waals surface area contributed by atoms with Gasteiger partial charge < -0.3 is 5.32 Å². The molecule has 0 saturated carbocycles. The largest absolute Gasteiger partial charge is 0.338 e. The quantitative estimate of drug-likeness (QED) is 0.386. The lowest BCUT2D eigenvalue weighted by Crippen LogP contribution is -1.97. The highest BCUT2D eigenvalue weighted by molar-refractivity contribution is 6.30. The van der Waals surface area contributed by atoms with Crippen LogP contribution in [-0.4, -0.2) is 19.9 Å². The van der Waals surface area contributed by atoms with Gasteiger partial charge in [0.05, 0.1) is 34.8 Å². The molecule has 30 heavy (non-hydrogen) atoms. The number of benzene rings is 2. The standard InChI is InChI=1S/C24H16ClN5/c25-18-8-5-16(6-9-18)7-10-19-12-21-23(14-26-19)28-15-29-24(21)30-20-11-17-3-1-2-4-22(17)27-13-20/h1-15H,(H,28,29,30)/b10-7+. The zero-order valence-electron chi connectivity index (χ0n) is 15.8. The Morgan fingerprint density at radius 1 is 0.767 bits per heavy atom. The molecule has 0 amide bonds. The molecule has 0 bridgehead atoms. The van der Waals surface area contributed by atoms with Crippen LogP contribution in [0.15, 0.2) is 79.4 Å². The minimum atomic E-state index is 0.709. The fraction of sp³-hybridized carbons (Fsp3) is 0. The summed E-state index contributed by atoms with van der Waals surface area (Å²) in [5.41, 5.74) is 4.45. The Morgan fingerprint density at radius 3 is 2.53 bits per heavy atom. The molecule has 0 spiro atoms. The number of fused-ring (bicyclic) bond motifs is 2. The number of hydrogen-bond acceptors (Lipinski definition) is 5. The summed E-state index contributed by atoms with van der Waals surface area (Å²) in [6.07, 6.45) is 9.04. The van der Waals surface area contributed by atoms with E-state index in [1.54, 1.807) is 12.4 Å². The minimum Gasteiger partial charge on any atom is -0.338 e. The molecule has 0 fully saturated rings. The van der Waals surface area contributed by atoms with Gasteiger partial charge in [-0.15, -0.1) is 0 Å². The fourth-order valence-electron chi connectivity index (χ4n) is 3.20. The van der Waals surface area contributed by atoms with Gasteiger partial charge in [-0.3, -0.25) is 9.97 Å². The Kier molecular flexibility index (Phi) is 4.79. The van der Waals surface area contributed by atoms with Crippen molar-refractivity contribution in [2.24, 2.45) is 0 Å². The first-order valence-corrected chi connectivity index (χ1v) is 9.79. The molecule has 0 aliphatic heterocycles. The zero-order valence-corrected chi connectivity index (χ0v) is 16.6. The minimum absolute atomic E-state index is 0.709. The third-order valence-corrected chi connectivity index (χ3v) is 4.96. The fourth-order valence-corrected chi connectivity index (χ4v) is 3.32. The molecule has 0 radical (unpaired) electrons. The first-order valence-electron chi connectivity index (χ1n) is 9.41. The number of anilines is 2. The molecular formula is C24H16ClN5. The maximum absolute atomic E-state index is 5.95. The van der Waals surface area contributed by atoms with Crippen molar-refractivity contribution in [3.05, 3.63) is 95.7 Å². The molecule has 6 heteroatoms. The molecule has 3 aromatic heterocycles. The second-order valence-corrected chi connectivity index (χ2v) is 7.21. The van der Waals surface area contributed by atoms with Crippen molar-refractivity contribution in [1.82, 2.24) is 19.9 Å². The normalized spacial score (nSPS) is 11.4. The van der Waals surface area contributed by atoms with Gasteiger partial charge in [-0.25, -0.2) is 9.97 Å². The second kappa shape index (κ2) is 7.89. The third kappa shape index (κ3) is 3.83. The number of pyridine rings is 2. The Labute approximate surface area is 178 Å². The molecule has 5 rings (SSSR count). The van der Waals surface area contributed by atoms with Gasteiger partial charge in [-0.1, -0.05) is 48.0 Å². The van der Waals surface area contributed by atoms with E-state index < -0.39 is 0 Å². The first-order chi connectivity index (χ1) is 14.7. The molecule has 3 heterocycles. The molecule has 5 nitrogen and oxygen atoms in total. The van der Waals surface area contributed by atoms with Crippen molar-refractivity contribution in [3.8, 4) is 0 Å². The zero-order chi connectivity index (χ0) is 20.3. The van der Waals surface area contributed by atoms with Gasteiger partial charge in [-0.2, -0.15) is 0 Å². The molecule has 0 unspecified atom stereocenters. The number of aromatic nitrogens is 4. The number of rotatable bonds is 4. The molecule has 5 aromatic rings. The van der Waals surface area contributed by atoms with E-state index in [-0.39, 0.29) is 0 Å². The molecule has 1 N–H and O–H groups in total. The van der Waals surface area contributed by atoms with E-state index in [4.69, 9.17) is 11.6 Å². The highest BCUT2D eigenvalue weighted by Gasteiger charge is 2.07. The van der Waals surface area contributed by atoms with E-state index in [1.807, 2.05) is 66.7 Å². The Morgan fingerprint density at radius 2 is 1.63 bits per heavy atom. The molecule has 144 valence electrons. The van der Waals surface area contributed by atoms with Crippen molar-refractivity contribution in [1.29, 1.82) is 0 Å². The van der Waals surface area contributed by atoms with E-state index in [0.717, 1.165) is 38.8 Å².